The number of nitrogens with one attached hydrogen (secondary N) is 1. The number of ether oxygens (including phenoxy) is 1. The fraction of sp³-hybridized carbons (Fsp3) is 0.462. The highest BCUT2D eigenvalue weighted by Gasteiger charge is 1.98. The third-order valence-electron chi connectivity index (χ3n) is 2.40. The molecule has 0 spiro atoms. The van der Waals surface area contributed by atoms with Crippen molar-refractivity contribution in [1.29, 1.82) is 0 Å². The van der Waals surface area contributed by atoms with Gasteiger partial charge in [0.05, 0.1) is 0 Å². The number of hydrogen-bond donors (Lipinski definition) is 3. The van der Waals surface area contributed by atoms with Crippen LogP contribution in [0.15, 0.2) is 24.3 Å². The van der Waals surface area contributed by atoms with Gasteiger partial charge in [0.15, 0.2) is 6.61 Å². The summed E-state index contributed by atoms with van der Waals surface area (Å²) in [5.41, 5.74) is 6.13. The second-order valence-electron chi connectivity index (χ2n) is 4.01. The van der Waals surface area contributed by atoms with Crippen molar-refractivity contribution in [2.45, 2.75) is 19.4 Å². The summed E-state index contributed by atoms with van der Waals surface area (Å²) in [6, 6.07) is 7.51. The van der Waals surface area contributed by atoms with Crippen molar-refractivity contribution in [2.24, 2.45) is 5.73 Å². The molecule has 0 aromatic heterocycles. The maximum atomic E-state index is 10.5. The molecule has 0 aliphatic heterocycles. The Morgan fingerprint density at radius 2 is 2.00 bits per heavy atom. The second-order valence-corrected chi connectivity index (χ2v) is 4.01. The lowest BCUT2D eigenvalue weighted by Gasteiger charge is -2.06. The molecule has 0 aliphatic carbocycles. The van der Waals surface area contributed by atoms with Crippen LogP contribution in [0, 0.1) is 0 Å². The Morgan fingerprint density at radius 3 is 2.61 bits per heavy atom. The Morgan fingerprint density at radius 1 is 1.28 bits per heavy atom. The number of primary amides is 1. The maximum absolute atomic E-state index is 10.5. The van der Waals surface area contributed by atoms with Gasteiger partial charge in [-0.05, 0) is 37.1 Å². The summed E-state index contributed by atoms with van der Waals surface area (Å²) in [6.45, 7) is 1.81. The standard InChI is InChI=1S/C13H20N2O3/c14-13(17)10-18-12-5-3-11(4-6-12)9-15-7-1-2-8-16/h3-6,15-16H,1-2,7-10H2,(H2,14,17). The molecule has 0 saturated carbocycles. The molecule has 0 radical (unpaired) electrons. The quantitative estimate of drug-likeness (QED) is 0.556. The molecule has 1 amide bonds. The van der Waals surface area contributed by atoms with Gasteiger partial charge in [-0.2, -0.15) is 0 Å². The molecule has 0 heterocycles. The van der Waals surface area contributed by atoms with E-state index in [1.165, 1.54) is 0 Å². The molecule has 0 unspecified atom stereocenters. The van der Waals surface area contributed by atoms with E-state index in [0.717, 1.165) is 31.5 Å². The highest BCUT2D eigenvalue weighted by molar-refractivity contribution is 5.75. The van der Waals surface area contributed by atoms with Crippen LogP contribution in [0.2, 0.25) is 0 Å². The molecule has 0 bridgehead atoms. The van der Waals surface area contributed by atoms with Crippen molar-refractivity contribution in [1.82, 2.24) is 5.32 Å². The Balaban J connectivity index is 2.25. The first-order valence-corrected chi connectivity index (χ1v) is 6.04. The Hall–Kier alpha value is -1.59. The first-order chi connectivity index (χ1) is 8.72. The van der Waals surface area contributed by atoms with Gasteiger partial charge in [0.1, 0.15) is 5.75 Å². The fourth-order valence-corrected chi connectivity index (χ4v) is 1.45. The van der Waals surface area contributed by atoms with Crippen LogP contribution in [0.1, 0.15) is 18.4 Å². The SMILES string of the molecule is NC(=O)COc1ccc(CNCCCCO)cc1. The van der Waals surface area contributed by atoms with Gasteiger partial charge in [0.25, 0.3) is 5.91 Å². The van der Waals surface area contributed by atoms with Crippen LogP contribution in [0.4, 0.5) is 0 Å². The van der Waals surface area contributed by atoms with Gasteiger partial charge in [-0.1, -0.05) is 12.1 Å². The largest absolute Gasteiger partial charge is 0.484 e. The number of unbranched alkanes of at least 4 members (excludes halogenated alkanes) is 1. The number of aliphatic hydroxyl groups excluding tert-OH is 1. The Labute approximate surface area is 107 Å². The van der Waals surface area contributed by atoms with Crippen LogP contribution >= 0.6 is 0 Å². The van der Waals surface area contributed by atoms with Gasteiger partial charge in [-0.3, -0.25) is 4.79 Å². The maximum Gasteiger partial charge on any atom is 0.255 e. The van der Waals surface area contributed by atoms with Crippen molar-refractivity contribution in [3.8, 4) is 5.75 Å². The van der Waals surface area contributed by atoms with Crippen molar-refractivity contribution in [2.75, 3.05) is 19.8 Å². The van der Waals surface area contributed by atoms with Gasteiger partial charge in [-0.15, -0.1) is 0 Å². The van der Waals surface area contributed by atoms with Crippen molar-refractivity contribution in [3.05, 3.63) is 29.8 Å². The summed E-state index contributed by atoms with van der Waals surface area (Å²) in [7, 11) is 0. The summed E-state index contributed by atoms with van der Waals surface area (Å²) >= 11 is 0. The molecule has 1 aromatic carbocycles. The van der Waals surface area contributed by atoms with Crippen molar-refractivity contribution >= 4 is 5.91 Å². The summed E-state index contributed by atoms with van der Waals surface area (Å²) in [5.74, 6) is 0.155. The zero-order chi connectivity index (χ0) is 13.2. The number of carbonyl (C=O) groups excluding carboxylic acids is 1. The lowest BCUT2D eigenvalue weighted by molar-refractivity contribution is -0.119. The predicted molar refractivity (Wildman–Crippen MR) is 69.2 cm³/mol. The predicted octanol–water partition coefficient (Wildman–Crippen LogP) is 0.413. The zero-order valence-electron chi connectivity index (χ0n) is 10.4. The molecular formula is C13H20N2O3. The Bertz CT molecular complexity index is 352. The highest BCUT2D eigenvalue weighted by Crippen LogP contribution is 2.11. The van der Waals surface area contributed by atoms with Crippen LogP contribution in [0.25, 0.3) is 0 Å². The number of aliphatic hydroxyl groups is 1. The smallest absolute Gasteiger partial charge is 0.255 e. The average molecular weight is 252 g/mol. The van der Waals surface area contributed by atoms with Gasteiger partial charge >= 0.3 is 0 Å². The van der Waals surface area contributed by atoms with Crippen molar-refractivity contribution in [3.63, 3.8) is 0 Å². The van der Waals surface area contributed by atoms with E-state index in [1.807, 2.05) is 24.3 Å². The van der Waals surface area contributed by atoms with Gasteiger partial charge < -0.3 is 20.9 Å². The van der Waals surface area contributed by atoms with E-state index >= 15 is 0 Å². The first-order valence-electron chi connectivity index (χ1n) is 6.04. The summed E-state index contributed by atoms with van der Waals surface area (Å²) in [6.07, 6.45) is 1.79. The lowest BCUT2D eigenvalue weighted by Crippen LogP contribution is -2.20. The molecule has 0 fully saturated rings. The number of amides is 1. The van der Waals surface area contributed by atoms with Crippen LogP contribution in [0.5, 0.6) is 5.75 Å². The molecule has 5 nitrogen and oxygen atoms in total. The zero-order valence-corrected chi connectivity index (χ0v) is 10.4. The van der Waals surface area contributed by atoms with Crippen LogP contribution in [0.3, 0.4) is 0 Å². The Kier molecular flexibility index (Phi) is 6.83. The summed E-state index contributed by atoms with van der Waals surface area (Å²) in [4.78, 5) is 10.5. The normalized spacial score (nSPS) is 10.3. The van der Waals surface area contributed by atoms with E-state index in [0.29, 0.717) is 5.75 Å². The number of hydrogen-bond acceptors (Lipinski definition) is 4. The van der Waals surface area contributed by atoms with Gasteiger partial charge in [0, 0.05) is 13.2 Å². The van der Waals surface area contributed by atoms with E-state index < -0.39 is 5.91 Å². The van der Waals surface area contributed by atoms with E-state index in [4.69, 9.17) is 15.6 Å². The average Bonchev–Trinajstić information content (AvgIpc) is 2.37. The third kappa shape index (κ3) is 6.22. The number of rotatable bonds is 9. The molecule has 1 aromatic rings. The number of carbonyl (C=O) groups is 1. The fourth-order valence-electron chi connectivity index (χ4n) is 1.45. The van der Waals surface area contributed by atoms with E-state index in [1.54, 1.807) is 0 Å². The number of nitrogens with two attached hydrogens (primary N) is 1. The first kappa shape index (κ1) is 14.5. The van der Waals surface area contributed by atoms with E-state index in [9.17, 15) is 4.79 Å². The van der Waals surface area contributed by atoms with Gasteiger partial charge in [-0.25, -0.2) is 0 Å². The summed E-state index contributed by atoms with van der Waals surface area (Å²) in [5, 5.41) is 11.9. The molecule has 0 aliphatic rings. The molecule has 100 valence electrons. The molecule has 4 N–H and O–H groups in total. The summed E-state index contributed by atoms with van der Waals surface area (Å²) < 4.78 is 5.16. The van der Waals surface area contributed by atoms with Gasteiger partial charge in [0.2, 0.25) is 0 Å². The molecule has 0 saturated heterocycles. The minimum absolute atomic E-state index is 0.0985. The van der Waals surface area contributed by atoms with E-state index in [-0.39, 0.29) is 13.2 Å². The minimum Gasteiger partial charge on any atom is -0.484 e. The van der Waals surface area contributed by atoms with Crippen molar-refractivity contribution < 1.29 is 14.6 Å². The number of benzene rings is 1. The monoisotopic (exact) mass is 252 g/mol. The van der Waals surface area contributed by atoms with Crippen LogP contribution < -0.4 is 15.8 Å². The molecule has 1 rings (SSSR count). The molecule has 0 atom stereocenters. The molecule has 18 heavy (non-hydrogen) atoms. The topological polar surface area (TPSA) is 84.6 Å². The molecular weight excluding hydrogens is 232 g/mol. The second kappa shape index (κ2) is 8.49. The minimum atomic E-state index is -0.482. The molecule has 5 heteroatoms. The van der Waals surface area contributed by atoms with E-state index in [2.05, 4.69) is 5.32 Å². The van der Waals surface area contributed by atoms with Crippen LogP contribution in [-0.2, 0) is 11.3 Å². The lowest BCUT2D eigenvalue weighted by atomic mass is 10.2. The third-order valence-corrected chi connectivity index (χ3v) is 2.40. The highest BCUT2D eigenvalue weighted by atomic mass is 16.5. The van der Waals surface area contributed by atoms with Crippen LogP contribution in [-0.4, -0.2) is 30.8 Å².